The van der Waals surface area contributed by atoms with Gasteiger partial charge in [0.25, 0.3) is 11.6 Å². The maximum Gasteiger partial charge on any atom is 0.362 e. The monoisotopic (exact) mass is 307 g/mol. The maximum absolute atomic E-state index is 12.1. The molecule has 0 fully saturated rings. The first-order valence-corrected chi connectivity index (χ1v) is 5.77. The van der Waals surface area contributed by atoms with Gasteiger partial charge in [-0.3, -0.25) is 30.1 Å². The summed E-state index contributed by atoms with van der Waals surface area (Å²) in [5, 5.41) is 29.7. The minimum Gasteiger partial charge on any atom is -0.475 e. The first-order valence-electron chi connectivity index (χ1n) is 5.77. The van der Waals surface area contributed by atoms with E-state index < -0.39 is 27.1 Å². The fourth-order valence-electron chi connectivity index (χ4n) is 1.71. The lowest BCUT2D eigenvalue weighted by Crippen LogP contribution is -2.15. The van der Waals surface area contributed by atoms with Crippen molar-refractivity contribution < 1.29 is 19.4 Å². The van der Waals surface area contributed by atoms with Gasteiger partial charge in [-0.15, -0.1) is 5.10 Å². The Morgan fingerprint density at radius 1 is 1.27 bits per heavy atom. The molecule has 11 heteroatoms. The van der Waals surface area contributed by atoms with E-state index in [1.165, 1.54) is 24.3 Å². The summed E-state index contributed by atoms with van der Waals surface area (Å²) in [7, 11) is 1.16. The zero-order valence-corrected chi connectivity index (χ0v) is 11.1. The van der Waals surface area contributed by atoms with Crippen LogP contribution in [0.4, 0.5) is 17.1 Å². The number of aromatic nitrogens is 2. The standard InChI is InChI=1S/C11H9N5O6/c1-22-11-9(16(20)21)8(13-14-11)10(17)12-6-4-2-3-5-7(6)15(18)19/h2-5H,1H3,(H,12,17)(H,13,14). The lowest BCUT2D eigenvalue weighted by molar-refractivity contribution is -0.386. The third kappa shape index (κ3) is 2.67. The highest BCUT2D eigenvalue weighted by molar-refractivity contribution is 6.07. The number of carbonyl (C=O) groups excluding carboxylic acids is 1. The van der Waals surface area contributed by atoms with Crippen molar-refractivity contribution in [3.8, 4) is 5.88 Å². The third-order valence-corrected chi connectivity index (χ3v) is 2.66. The molecule has 0 unspecified atom stereocenters. The van der Waals surface area contributed by atoms with Crippen molar-refractivity contribution in [2.24, 2.45) is 0 Å². The number of carbonyl (C=O) groups is 1. The summed E-state index contributed by atoms with van der Waals surface area (Å²) in [5.74, 6) is -1.31. The van der Waals surface area contributed by atoms with Gasteiger partial charge >= 0.3 is 11.6 Å². The molecular weight excluding hydrogens is 298 g/mol. The lowest BCUT2D eigenvalue weighted by Gasteiger charge is -2.04. The van der Waals surface area contributed by atoms with Crippen molar-refractivity contribution in [1.29, 1.82) is 0 Å². The minimum atomic E-state index is -0.947. The van der Waals surface area contributed by atoms with Crippen molar-refractivity contribution in [3.63, 3.8) is 0 Å². The molecule has 1 amide bonds. The molecule has 2 N–H and O–H groups in total. The van der Waals surface area contributed by atoms with Crippen LogP contribution in [0.5, 0.6) is 5.88 Å². The largest absolute Gasteiger partial charge is 0.475 e. The lowest BCUT2D eigenvalue weighted by atomic mass is 10.2. The summed E-state index contributed by atoms with van der Waals surface area (Å²) in [6.45, 7) is 0. The number of H-pyrrole nitrogens is 1. The molecule has 11 nitrogen and oxygen atoms in total. The summed E-state index contributed by atoms with van der Waals surface area (Å²) < 4.78 is 4.68. The van der Waals surface area contributed by atoms with Crippen LogP contribution in [-0.4, -0.2) is 33.1 Å². The molecule has 2 aromatic rings. The molecule has 114 valence electrons. The predicted molar refractivity (Wildman–Crippen MR) is 72.8 cm³/mol. The molecule has 2 rings (SSSR count). The number of hydrogen-bond donors (Lipinski definition) is 2. The topological polar surface area (TPSA) is 153 Å². The number of aromatic amines is 1. The SMILES string of the molecule is COc1n[nH]c(C(=O)Nc2ccccc2[N+](=O)[O-])c1[N+](=O)[O-]. The van der Waals surface area contributed by atoms with Crippen LogP contribution in [0.3, 0.4) is 0 Å². The van der Waals surface area contributed by atoms with Gasteiger partial charge in [-0.2, -0.15) is 0 Å². The fourth-order valence-corrected chi connectivity index (χ4v) is 1.71. The van der Waals surface area contributed by atoms with Gasteiger partial charge in [-0.1, -0.05) is 12.1 Å². The summed E-state index contributed by atoms with van der Waals surface area (Å²) in [4.78, 5) is 32.4. The Balaban J connectivity index is 2.37. The first-order chi connectivity index (χ1) is 10.5. The van der Waals surface area contributed by atoms with E-state index in [0.29, 0.717) is 0 Å². The van der Waals surface area contributed by atoms with Gasteiger partial charge in [-0.25, -0.2) is 0 Å². The number of hydrogen-bond acceptors (Lipinski definition) is 7. The Hall–Kier alpha value is -3.50. The zero-order chi connectivity index (χ0) is 16.3. The zero-order valence-electron chi connectivity index (χ0n) is 11.1. The smallest absolute Gasteiger partial charge is 0.362 e. The van der Waals surface area contributed by atoms with E-state index in [2.05, 4.69) is 20.3 Å². The van der Waals surface area contributed by atoms with E-state index in [1.54, 1.807) is 0 Å². The van der Waals surface area contributed by atoms with Gasteiger partial charge in [0.1, 0.15) is 5.69 Å². The molecule has 1 aromatic carbocycles. The average Bonchev–Trinajstić information content (AvgIpc) is 2.91. The molecule has 0 bridgehead atoms. The van der Waals surface area contributed by atoms with E-state index in [4.69, 9.17) is 0 Å². The number of amides is 1. The number of nitrogens with one attached hydrogen (secondary N) is 2. The van der Waals surface area contributed by atoms with Crippen LogP contribution in [0, 0.1) is 20.2 Å². The Labute approximate surface area is 122 Å². The fraction of sp³-hybridized carbons (Fsp3) is 0.0909. The quantitative estimate of drug-likeness (QED) is 0.626. The van der Waals surface area contributed by atoms with Crippen LogP contribution in [0.1, 0.15) is 10.5 Å². The normalized spacial score (nSPS) is 10.0. The Morgan fingerprint density at radius 2 is 1.95 bits per heavy atom. The Kier molecular flexibility index (Phi) is 3.97. The van der Waals surface area contributed by atoms with E-state index >= 15 is 0 Å². The molecule has 0 atom stereocenters. The number of rotatable bonds is 5. The molecule has 1 heterocycles. The molecule has 0 aliphatic carbocycles. The number of methoxy groups -OCH3 is 1. The van der Waals surface area contributed by atoms with Crippen LogP contribution in [0.25, 0.3) is 0 Å². The van der Waals surface area contributed by atoms with Crippen molar-refractivity contribution in [3.05, 3.63) is 50.2 Å². The number of para-hydroxylation sites is 2. The summed E-state index contributed by atoms with van der Waals surface area (Å²) in [6.07, 6.45) is 0. The average molecular weight is 307 g/mol. The highest BCUT2D eigenvalue weighted by Gasteiger charge is 2.31. The maximum atomic E-state index is 12.1. The van der Waals surface area contributed by atoms with Gasteiger partial charge < -0.3 is 10.1 Å². The Morgan fingerprint density at radius 3 is 2.55 bits per heavy atom. The van der Waals surface area contributed by atoms with E-state index in [9.17, 15) is 25.0 Å². The molecule has 1 aromatic heterocycles. The molecule has 0 aliphatic heterocycles. The molecule has 22 heavy (non-hydrogen) atoms. The molecule has 0 saturated carbocycles. The number of nitrogens with zero attached hydrogens (tertiary/aromatic N) is 3. The minimum absolute atomic E-state index is 0.0969. The van der Waals surface area contributed by atoms with Crippen molar-refractivity contribution >= 4 is 23.0 Å². The summed E-state index contributed by atoms with van der Waals surface area (Å²) >= 11 is 0. The molecule has 0 radical (unpaired) electrons. The van der Waals surface area contributed by atoms with Crippen LogP contribution in [0.2, 0.25) is 0 Å². The number of nitro groups is 2. The third-order valence-electron chi connectivity index (χ3n) is 2.66. The number of benzene rings is 1. The van der Waals surface area contributed by atoms with Crippen LogP contribution in [-0.2, 0) is 0 Å². The van der Waals surface area contributed by atoms with Crippen LogP contribution in [0.15, 0.2) is 24.3 Å². The molecule has 0 spiro atoms. The summed E-state index contributed by atoms with van der Waals surface area (Å²) in [5.41, 5.74) is -1.57. The van der Waals surface area contributed by atoms with Crippen LogP contribution < -0.4 is 10.1 Å². The van der Waals surface area contributed by atoms with E-state index in [-0.39, 0.29) is 17.3 Å². The molecule has 0 saturated heterocycles. The predicted octanol–water partition coefficient (Wildman–Crippen LogP) is 1.49. The van der Waals surface area contributed by atoms with Crippen molar-refractivity contribution in [2.75, 3.05) is 12.4 Å². The number of anilines is 1. The Bertz CT molecular complexity index is 755. The van der Waals surface area contributed by atoms with Gasteiger partial charge in [0.2, 0.25) is 5.69 Å². The van der Waals surface area contributed by atoms with E-state index in [1.807, 2.05) is 0 Å². The van der Waals surface area contributed by atoms with Gasteiger partial charge in [0.05, 0.1) is 17.0 Å². The number of nitro benzene ring substituents is 1. The first kappa shape index (κ1) is 14.9. The number of ether oxygens (including phenoxy) is 1. The second kappa shape index (κ2) is 5.87. The van der Waals surface area contributed by atoms with E-state index in [0.717, 1.165) is 7.11 Å². The summed E-state index contributed by atoms with van der Waals surface area (Å²) in [6, 6.07) is 5.40. The van der Waals surface area contributed by atoms with Crippen LogP contribution >= 0.6 is 0 Å². The van der Waals surface area contributed by atoms with Gasteiger partial charge in [-0.05, 0) is 6.07 Å². The van der Waals surface area contributed by atoms with Crippen molar-refractivity contribution in [2.45, 2.75) is 0 Å². The second-order valence-corrected chi connectivity index (χ2v) is 3.94. The van der Waals surface area contributed by atoms with Gasteiger partial charge in [0.15, 0.2) is 0 Å². The van der Waals surface area contributed by atoms with Gasteiger partial charge in [0, 0.05) is 6.07 Å². The highest BCUT2D eigenvalue weighted by Crippen LogP contribution is 2.29. The molecular formula is C11H9N5O6. The highest BCUT2D eigenvalue weighted by atomic mass is 16.6. The second-order valence-electron chi connectivity index (χ2n) is 3.94. The molecule has 0 aliphatic rings. The van der Waals surface area contributed by atoms with Crippen molar-refractivity contribution in [1.82, 2.24) is 10.2 Å².